The van der Waals surface area contributed by atoms with Crippen LogP contribution in [0.2, 0.25) is 0 Å². The Morgan fingerprint density at radius 3 is 2.89 bits per heavy atom. The molecule has 2 heterocycles. The van der Waals surface area contributed by atoms with Crippen molar-refractivity contribution in [3.8, 4) is 0 Å². The van der Waals surface area contributed by atoms with Gasteiger partial charge in [-0.1, -0.05) is 6.07 Å². The molecule has 18 heavy (non-hydrogen) atoms. The highest BCUT2D eigenvalue weighted by molar-refractivity contribution is 5.85. The molecule has 0 atom stereocenters. The van der Waals surface area contributed by atoms with Gasteiger partial charge in [0.05, 0.1) is 12.2 Å². The highest BCUT2D eigenvalue weighted by atomic mass is 16.4. The van der Waals surface area contributed by atoms with Gasteiger partial charge in [-0.3, -0.25) is 0 Å². The Morgan fingerprint density at radius 1 is 1.33 bits per heavy atom. The lowest BCUT2D eigenvalue weighted by Gasteiger charge is -2.05. The zero-order valence-corrected chi connectivity index (χ0v) is 9.79. The average molecular weight is 244 g/mol. The number of rotatable bonds is 4. The summed E-state index contributed by atoms with van der Waals surface area (Å²) < 4.78 is 0. The Balaban J connectivity index is 2.06. The number of aromatic nitrogens is 3. The number of nitrogens with zero attached hydrogens (tertiary/aromatic N) is 3. The van der Waals surface area contributed by atoms with E-state index in [9.17, 15) is 4.79 Å². The maximum atomic E-state index is 10.8. The number of carboxylic acid groups (broad SMARTS) is 1. The molecule has 0 amide bonds. The summed E-state index contributed by atoms with van der Waals surface area (Å²) in [5.74, 6) is 0.157. The summed E-state index contributed by atoms with van der Waals surface area (Å²) in [6, 6.07) is 6.59. The molecule has 0 radical (unpaired) electrons. The van der Waals surface area contributed by atoms with E-state index < -0.39 is 5.97 Å². The van der Waals surface area contributed by atoms with Crippen LogP contribution >= 0.6 is 0 Å². The number of anilines is 1. The van der Waals surface area contributed by atoms with Crippen LogP contribution in [0.5, 0.6) is 0 Å². The number of pyridine rings is 1. The van der Waals surface area contributed by atoms with Crippen LogP contribution in [0, 0.1) is 6.92 Å². The zero-order valence-electron chi connectivity index (χ0n) is 9.79. The van der Waals surface area contributed by atoms with Crippen LogP contribution in [0.4, 0.5) is 5.82 Å². The van der Waals surface area contributed by atoms with E-state index in [1.165, 1.54) is 6.07 Å². The highest BCUT2D eigenvalue weighted by Gasteiger charge is 2.04. The molecule has 2 rings (SSSR count). The van der Waals surface area contributed by atoms with Gasteiger partial charge >= 0.3 is 5.97 Å². The molecule has 0 aromatic carbocycles. The summed E-state index contributed by atoms with van der Waals surface area (Å²) in [5, 5.41) is 11.8. The molecular formula is C12H12N4O2. The first-order chi connectivity index (χ1) is 8.65. The van der Waals surface area contributed by atoms with E-state index in [2.05, 4.69) is 20.3 Å². The minimum absolute atomic E-state index is 0.0128. The van der Waals surface area contributed by atoms with Gasteiger partial charge in [-0.05, 0) is 25.1 Å². The van der Waals surface area contributed by atoms with Gasteiger partial charge in [0.1, 0.15) is 11.6 Å². The smallest absolute Gasteiger partial charge is 0.354 e. The van der Waals surface area contributed by atoms with Crippen molar-refractivity contribution >= 4 is 11.8 Å². The standard InChI is InChI=1S/C12H12N4O2/c1-8-13-6-5-9(15-8)7-14-11-4-2-3-10(16-11)12(17)18/h2-6H,7H2,1H3,(H,14,16)(H,17,18). The Bertz CT molecular complexity index is 572. The summed E-state index contributed by atoms with van der Waals surface area (Å²) >= 11 is 0. The van der Waals surface area contributed by atoms with Crippen LogP contribution in [0.25, 0.3) is 0 Å². The molecule has 0 unspecified atom stereocenters. The van der Waals surface area contributed by atoms with Crippen molar-refractivity contribution in [1.29, 1.82) is 0 Å². The molecule has 2 aromatic rings. The number of aromatic carboxylic acids is 1. The third kappa shape index (κ3) is 3.00. The third-order valence-electron chi connectivity index (χ3n) is 2.25. The van der Waals surface area contributed by atoms with Gasteiger partial charge < -0.3 is 10.4 Å². The van der Waals surface area contributed by atoms with Crippen molar-refractivity contribution < 1.29 is 9.90 Å². The second kappa shape index (κ2) is 5.22. The van der Waals surface area contributed by atoms with Crippen LogP contribution in [-0.2, 0) is 6.54 Å². The lowest BCUT2D eigenvalue weighted by molar-refractivity contribution is 0.0690. The van der Waals surface area contributed by atoms with Crippen molar-refractivity contribution in [2.45, 2.75) is 13.5 Å². The molecule has 0 saturated heterocycles. The quantitative estimate of drug-likeness (QED) is 0.847. The van der Waals surface area contributed by atoms with Gasteiger partial charge in [0.2, 0.25) is 0 Å². The lowest BCUT2D eigenvalue weighted by Crippen LogP contribution is -2.07. The van der Waals surface area contributed by atoms with E-state index in [-0.39, 0.29) is 5.69 Å². The maximum Gasteiger partial charge on any atom is 0.354 e. The molecule has 0 saturated carbocycles. The van der Waals surface area contributed by atoms with Crippen molar-refractivity contribution in [3.63, 3.8) is 0 Å². The number of hydrogen-bond donors (Lipinski definition) is 2. The van der Waals surface area contributed by atoms with E-state index in [0.29, 0.717) is 18.2 Å². The molecule has 0 bridgehead atoms. The fraction of sp³-hybridized carbons (Fsp3) is 0.167. The molecule has 6 nitrogen and oxygen atoms in total. The maximum absolute atomic E-state index is 10.8. The van der Waals surface area contributed by atoms with Crippen molar-refractivity contribution in [1.82, 2.24) is 15.0 Å². The summed E-state index contributed by atoms with van der Waals surface area (Å²) in [4.78, 5) is 22.9. The number of aryl methyl sites for hydroxylation is 1. The normalized spacial score (nSPS) is 10.1. The van der Waals surface area contributed by atoms with Gasteiger partial charge in [0, 0.05) is 6.20 Å². The number of carbonyl (C=O) groups is 1. The molecule has 0 fully saturated rings. The summed E-state index contributed by atoms with van der Waals surface area (Å²) in [7, 11) is 0. The molecule has 2 aromatic heterocycles. The largest absolute Gasteiger partial charge is 0.477 e. The number of hydrogen-bond acceptors (Lipinski definition) is 5. The molecule has 0 aliphatic rings. The van der Waals surface area contributed by atoms with Gasteiger partial charge in [-0.15, -0.1) is 0 Å². The van der Waals surface area contributed by atoms with Crippen LogP contribution in [0.15, 0.2) is 30.5 Å². The lowest BCUT2D eigenvalue weighted by atomic mass is 10.3. The van der Waals surface area contributed by atoms with Crippen molar-refractivity contribution in [2.24, 2.45) is 0 Å². The van der Waals surface area contributed by atoms with Crippen LogP contribution in [0.3, 0.4) is 0 Å². The Morgan fingerprint density at radius 2 is 2.17 bits per heavy atom. The third-order valence-corrected chi connectivity index (χ3v) is 2.25. The average Bonchev–Trinajstić information content (AvgIpc) is 2.37. The minimum atomic E-state index is -1.04. The topological polar surface area (TPSA) is 88.0 Å². The highest BCUT2D eigenvalue weighted by Crippen LogP contribution is 2.06. The van der Waals surface area contributed by atoms with E-state index in [0.717, 1.165) is 5.69 Å². The molecule has 0 aliphatic carbocycles. The first-order valence-corrected chi connectivity index (χ1v) is 5.38. The fourth-order valence-corrected chi connectivity index (χ4v) is 1.44. The first-order valence-electron chi connectivity index (χ1n) is 5.38. The van der Waals surface area contributed by atoms with Crippen molar-refractivity contribution in [3.05, 3.63) is 47.7 Å². The SMILES string of the molecule is Cc1nccc(CNc2cccc(C(=O)O)n2)n1. The van der Waals surface area contributed by atoms with Gasteiger partial charge in [-0.25, -0.2) is 19.7 Å². The van der Waals surface area contributed by atoms with Crippen LogP contribution in [-0.4, -0.2) is 26.0 Å². The van der Waals surface area contributed by atoms with Gasteiger partial charge in [0.25, 0.3) is 0 Å². The van der Waals surface area contributed by atoms with E-state index in [1.807, 2.05) is 6.92 Å². The fourth-order valence-electron chi connectivity index (χ4n) is 1.44. The van der Waals surface area contributed by atoms with Crippen LogP contribution in [0.1, 0.15) is 22.0 Å². The number of nitrogens with one attached hydrogen (secondary N) is 1. The first kappa shape index (κ1) is 12.0. The summed E-state index contributed by atoms with van der Waals surface area (Å²) in [5.41, 5.74) is 0.837. The Hall–Kier alpha value is -2.50. The molecular weight excluding hydrogens is 232 g/mol. The molecule has 92 valence electrons. The second-order valence-corrected chi connectivity index (χ2v) is 3.66. The summed E-state index contributed by atoms with van der Waals surface area (Å²) in [6.45, 7) is 2.28. The number of carboxylic acids is 1. The van der Waals surface area contributed by atoms with Crippen molar-refractivity contribution in [2.75, 3.05) is 5.32 Å². The predicted octanol–water partition coefficient (Wildman–Crippen LogP) is 1.49. The Labute approximate surface area is 104 Å². The molecule has 0 aliphatic heterocycles. The summed E-state index contributed by atoms with van der Waals surface area (Å²) in [6.07, 6.45) is 1.68. The second-order valence-electron chi connectivity index (χ2n) is 3.66. The monoisotopic (exact) mass is 244 g/mol. The van der Waals surface area contributed by atoms with Crippen LogP contribution < -0.4 is 5.32 Å². The zero-order chi connectivity index (χ0) is 13.0. The predicted molar refractivity (Wildman–Crippen MR) is 65.3 cm³/mol. The van der Waals surface area contributed by atoms with E-state index >= 15 is 0 Å². The van der Waals surface area contributed by atoms with E-state index in [1.54, 1.807) is 24.4 Å². The van der Waals surface area contributed by atoms with Gasteiger partial charge in [0.15, 0.2) is 5.69 Å². The minimum Gasteiger partial charge on any atom is -0.477 e. The molecule has 0 spiro atoms. The van der Waals surface area contributed by atoms with Gasteiger partial charge in [-0.2, -0.15) is 0 Å². The molecule has 2 N–H and O–H groups in total. The Kier molecular flexibility index (Phi) is 3.47. The van der Waals surface area contributed by atoms with E-state index in [4.69, 9.17) is 5.11 Å². The molecule has 6 heteroatoms.